The molecular weight excluding hydrogens is 429 g/mol. The SMILES string of the molecule is CN=C(NCC(C)(C)c1ccccc1Br)NC(C)C.I. The van der Waals surface area contributed by atoms with Gasteiger partial charge in [-0.3, -0.25) is 4.99 Å². The van der Waals surface area contributed by atoms with Crippen LogP contribution in [-0.2, 0) is 5.41 Å². The first-order chi connectivity index (χ1) is 8.86. The summed E-state index contributed by atoms with van der Waals surface area (Å²) in [5.74, 6) is 0.843. The maximum atomic E-state index is 4.23. The number of nitrogens with zero attached hydrogens (tertiary/aromatic N) is 1. The van der Waals surface area contributed by atoms with Crippen LogP contribution in [0.4, 0.5) is 0 Å². The molecule has 0 fully saturated rings. The molecule has 0 amide bonds. The minimum atomic E-state index is 0. The lowest BCUT2D eigenvalue weighted by atomic mass is 9.84. The Balaban J connectivity index is 0.00000361. The third kappa shape index (κ3) is 5.99. The van der Waals surface area contributed by atoms with Crippen molar-refractivity contribution in [2.24, 2.45) is 4.99 Å². The van der Waals surface area contributed by atoms with Crippen LogP contribution in [0, 0.1) is 0 Å². The molecule has 0 saturated heterocycles. The van der Waals surface area contributed by atoms with E-state index in [2.05, 4.69) is 77.4 Å². The van der Waals surface area contributed by atoms with Crippen LogP contribution in [0.1, 0.15) is 33.3 Å². The Hall–Kier alpha value is -0.300. The van der Waals surface area contributed by atoms with Crippen molar-refractivity contribution in [1.29, 1.82) is 0 Å². The molecule has 114 valence electrons. The monoisotopic (exact) mass is 453 g/mol. The average Bonchev–Trinajstić information content (AvgIpc) is 2.34. The van der Waals surface area contributed by atoms with Gasteiger partial charge in [0.1, 0.15) is 0 Å². The summed E-state index contributed by atoms with van der Waals surface area (Å²) in [6.45, 7) is 9.48. The zero-order valence-corrected chi connectivity index (χ0v) is 16.7. The normalized spacial score (nSPS) is 12.1. The van der Waals surface area contributed by atoms with Crippen LogP contribution >= 0.6 is 39.9 Å². The molecule has 1 aromatic carbocycles. The van der Waals surface area contributed by atoms with Gasteiger partial charge in [0.05, 0.1) is 0 Å². The maximum Gasteiger partial charge on any atom is 0.191 e. The number of benzene rings is 1. The largest absolute Gasteiger partial charge is 0.356 e. The summed E-state index contributed by atoms with van der Waals surface area (Å²) in [6, 6.07) is 8.72. The highest BCUT2D eigenvalue weighted by molar-refractivity contribution is 14.0. The predicted octanol–water partition coefficient (Wildman–Crippen LogP) is 3.92. The number of nitrogens with one attached hydrogen (secondary N) is 2. The average molecular weight is 454 g/mol. The molecule has 0 aliphatic carbocycles. The van der Waals surface area contributed by atoms with E-state index in [1.807, 2.05) is 6.07 Å². The molecule has 0 atom stereocenters. The first-order valence-electron chi connectivity index (χ1n) is 6.59. The van der Waals surface area contributed by atoms with Gasteiger partial charge in [0.15, 0.2) is 5.96 Å². The Morgan fingerprint density at radius 3 is 2.40 bits per heavy atom. The van der Waals surface area contributed by atoms with E-state index in [1.165, 1.54) is 5.56 Å². The van der Waals surface area contributed by atoms with Crippen molar-refractivity contribution in [3.8, 4) is 0 Å². The second-order valence-electron chi connectivity index (χ2n) is 5.59. The molecule has 2 N–H and O–H groups in total. The van der Waals surface area contributed by atoms with Gasteiger partial charge in [-0.2, -0.15) is 0 Å². The lowest BCUT2D eigenvalue weighted by molar-refractivity contribution is 0.504. The zero-order valence-electron chi connectivity index (χ0n) is 12.8. The van der Waals surface area contributed by atoms with E-state index in [1.54, 1.807) is 7.05 Å². The fraction of sp³-hybridized carbons (Fsp3) is 0.533. The minimum absolute atomic E-state index is 0. The molecule has 0 aliphatic heterocycles. The van der Waals surface area contributed by atoms with Crippen molar-refractivity contribution in [3.05, 3.63) is 34.3 Å². The van der Waals surface area contributed by atoms with Gasteiger partial charge in [-0.15, -0.1) is 24.0 Å². The molecule has 0 saturated carbocycles. The van der Waals surface area contributed by atoms with Crippen LogP contribution in [0.3, 0.4) is 0 Å². The highest BCUT2D eigenvalue weighted by atomic mass is 127. The van der Waals surface area contributed by atoms with E-state index in [-0.39, 0.29) is 29.4 Å². The number of rotatable bonds is 4. The van der Waals surface area contributed by atoms with Crippen molar-refractivity contribution in [3.63, 3.8) is 0 Å². The number of guanidine groups is 1. The van der Waals surface area contributed by atoms with E-state index >= 15 is 0 Å². The standard InChI is InChI=1S/C15H24BrN3.HI/c1-11(2)19-14(17-5)18-10-15(3,4)12-8-6-7-9-13(12)16;/h6-9,11H,10H2,1-5H3,(H2,17,18,19);1H. The molecule has 0 radical (unpaired) electrons. The van der Waals surface area contributed by atoms with Crippen LogP contribution in [0.15, 0.2) is 33.7 Å². The summed E-state index contributed by atoms with van der Waals surface area (Å²) in [4.78, 5) is 4.23. The zero-order chi connectivity index (χ0) is 14.5. The van der Waals surface area contributed by atoms with Crippen LogP contribution in [0.25, 0.3) is 0 Å². The second kappa shape index (κ2) is 8.87. The number of aliphatic imine (C=N–C) groups is 1. The van der Waals surface area contributed by atoms with Gasteiger partial charge in [0.25, 0.3) is 0 Å². The number of hydrogen-bond donors (Lipinski definition) is 2. The lowest BCUT2D eigenvalue weighted by Gasteiger charge is -2.28. The summed E-state index contributed by atoms with van der Waals surface area (Å²) in [5.41, 5.74) is 1.32. The molecular formula is C15H25BrIN3. The van der Waals surface area contributed by atoms with E-state index in [0.29, 0.717) is 6.04 Å². The van der Waals surface area contributed by atoms with Crippen molar-refractivity contribution in [1.82, 2.24) is 10.6 Å². The summed E-state index contributed by atoms with van der Waals surface area (Å²) in [7, 11) is 1.79. The molecule has 1 aromatic rings. The molecule has 0 unspecified atom stereocenters. The summed E-state index contributed by atoms with van der Waals surface area (Å²) in [5, 5.41) is 6.68. The van der Waals surface area contributed by atoms with Gasteiger partial charge in [-0.1, -0.05) is 48.0 Å². The van der Waals surface area contributed by atoms with Crippen LogP contribution < -0.4 is 10.6 Å². The second-order valence-corrected chi connectivity index (χ2v) is 6.44. The highest BCUT2D eigenvalue weighted by Gasteiger charge is 2.23. The molecule has 0 spiro atoms. The van der Waals surface area contributed by atoms with Crippen molar-refractivity contribution >= 4 is 45.9 Å². The van der Waals surface area contributed by atoms with Gasteiger partial charge in [-0.25, -0.2) is 0 Å². The highest BCUT2D eigenvalue weighted by Crippen LogP contribution is 2.29. The summed E-state index contributed by atoms with van der Waals surface area (Å²) in [6.07, 6.45) is 0. The third-order valence-electron chi connectivity index (χ3n) is 2.95. The molecule has 5 heteroatoms. The van der Waals surface area contributed by atoms with E-state index < -0.39 is 0 Å². The van der Waals surface area contributed by atoms with Gasteiger partial charge in [-0.05, 0) is 25.5 Å². The van der Waals surface area contributed by atoms with E-state index in [0.717, 1.165) is 17.0 Å². The molecule has 0 aromatic heterocycles. The Morgan fingerprint density at radius 2 is 1.90 bits per heavy atom. The summed E-state index contributed by atoms with van der Waals surface area (Å²) >= 11 is 3.62. The van der Waals surface area contributed by atoms with Gasteiger partial charge < -0.3 is 10.6 Å². The lowest BCUT2D eigenvalue weighted by Crippen LogP contribution is -2.45. The van der Waals surface area contributed by atoms with Crippen molar-refractivity contribution < 1.29 is 0 Å². The smallest absolute Gasteiger partial charge is 0.191 e. The van der Waals surface area contributed by atoms with Crippen LogP contribution in [-0.4, -0.2) is 25.6 Å². The topological polar surface area (TPSA) is 36.4 Å². The minimum Gasteiger partial charge on any atom is -0.356 e. The molecule has 0 bridgehead atoms. The first-order valence-corrected chi connectivity index (χ1v) is 7.38. The number of halogens is 2. The van der Waals surface area contributed by atoms with E-state index in [9.17, 15) is 0 Å². The fourth-order valence-corrected chi connectivity index (χ4v) is 2.70. The Labute approximate surface area is 148 Å². The Morgan fingerprint density at radius 1 is 1.30 bits per heavy atom. The fourth-order valence-electron chi connectivity index (χ4n) is 1.88. The van der Waals surface area contributed by atoms with E-state index in [4.69, 9.17) is 0 Å². The Bertz CT molecular complexity index is 444. The molecule has 0 heterocycles. The van der Waals surface area contributed by atoms with Gasteiger partial charge >= 0.3 is 0 Å². The Kier molecular flexibility index (Phi) is 8.74. The van der Waals surface area contributed by atoms with Crippen LogP contribution in [0.5, 0.6) is 0 Å². The van der Waals surface area contributed by atoms with Crippen molar-refractivity contribution in [2.75, 3.05) is 13.6 Å². The quantitative estimate of drug-likeness (QED) is 0.411. The molecule has 20 heavy (non-hydrogen) atoms. The molecule has 0 aliphatic rings. The maximum absolute atomic E-state index is 4.23. The number of hydrogen-bond acceptors (Lipinski definition) is 1. The molecule has 3 nitrogen and oxygen atoms in total. The summed E-state index contributed by atoms with van der Waals surface area (Å²) < 4.78 is 1.15. The predicted molar refractivity (Wildman–Crippen MR) is 102 cm³/mol. The first kappa shape index (κ1) is 19.7. The van der Waals surface area contributed by atoms with Crippen molar-refractivity contribution in [2.45, 2.75) is 39.2 Å². The molecule has 1 rings (SSSR count). The van der Waals surface area contributed by atoms with Gasteiger partial charge in [0.2, 0.25) is 0 Å². The van der Waals surface area contributed by atoms with Crippen LogP contribution in [0.2, 0.25) is 0 Å². The third-order valence-corrected chi connectivity index (χ3v) is 3.64. The van der Waals surface area contributed by atoms with Gasteiger partial charge in [0, 0.05) is 29.5 Å².